The van der Waals surface area contributed by atoms with Crippen molar-refractivity contribution < 1.29 is 9.53 Å². The van der Waals surface area contributed by atoms with Gasteiger partial charge in [0.25, 0.3) is 0 Å². The van der Waals surface area contributed by atoms with Crippen LogP contribution in [0.15, 0.2) is 0 Å². The highest BCUT2D eigenvalue weighted by atomic mass is 16.6. The first-order valence-electron chi connectivity index (χ1n) is 5.96. The lowest BCUT2D eigenvalue weighted by Gasteiger charge is -2.40. The van der Waals surface area contributed by atoms with E-state index in [0.29, 0.717) is 12.5 Å². The van der Waals surface area contributed by atoms with Gasteiger partial charge in [-0.1, -0.05) is 6.92 Å². The van der Waals surface area contributed by atoms with Crippen LogP contribution in [0.2, 0.25) is 0 Å². The molecule has 0 saturated carbocycles. The summed E-state index contributed by atoms with van der Waals surface area (Å²) in [7, 11) is 0. The minimum atomic E-state index is -0.431. The third-order valence-corrected chi connectivity index (χ3v) is 2.99. The van der Waals surface area contributed by atoms with Gasteiger partial charge in [-0.15, -0.1) is 0 Å². The van der Waals surface area contributed by atoms with E-state index >= 15 is 0 Å². The van der Waals surface area contributed by atoms with Crippen molar-refractivity contribution in [3.05, 3.63) is 0 Å². The molecule has 0 aromatic carbocycles. The molecule has 0 radical (unpaired) electrons. The predicted molar refractivity (Wildman–Crippen MR) is 64.2 cm³/mol. The maximum Gasteiger partial charge on any atom is 0.410 e. The lowest BCUT2D eigenvalue weighted by atomic mass is 9.90. The Labute approximate surface area is 98.1 Å². The summed E-state index contributed by atoms with van der Waals surface area (Å²) in [5, 5.41) is 0. The molecular weight excluding hydrogens is 204 g/mol. The maximum absolute atomic E-state index is 11.9. The molecular formula is C12H24N2O2. The zero-order valence-electron chi connectivity index (χ0n) is 11.0. The van der Waals surface area contributed by atoms with Crippen LogP contribution in [0.3, 0.4) is 0 Å². The molecule has 0 aliphatic carbocycles. The van der Waals surface area contributed by atoms with Crippen LogP contribution in [0.4, 0.5) is 4.79 Å². The monoisotopic (exact) mass is 228 g/mol. The van der Waals surface area contributed by atoms with Crippen molar-refractivity contribution in [2.24, 2.45) is 11.7 Å². The first-order valence-corrected chi connectivity index (χ1v) is 5.96. The molecule has 2 N–H and O–H groups in total. The second-order valence-electron chi connectivity index (χ2n) is 5.86. The number of hydrogen-bond donors (Lipinski definition) is 1. The van der Waals surface area contributed by atoms with Crippen LogP contribution < -0.4 is 5.73 Å². The van der Waals surface area contributed by atoms with Gasteiger partial charge >= 0.3 is 6.09 Å². The summed E-state index contributed by atoms with van der Waals surface area (Å²) in [5.74, 6) is 0.337. The Bertz CT molecular complexity index is 260. The summed E-state index contributed by atoms with van der Waals surface area (Å²) in [4.78, 5) is 13.7. The van der Waals surface area contributed by atoms with E-state index in [1.54, 1.807) is 4.90 Å². The molecule has 0 aromatic heterocycles. The van der Waals surface area contributed by atoms with Gasteiger partial charge in [0.05, 0.1) is 0 Å². The molecule has 3 atom stereocenters. The van der Waals surface area contributed by atoms with Gasteiger partial charge in [-0.2, -0.15) is 0 Å². The van der Waals surface area contributed by atoms with Crippen LogP contribution >= 0.6 is 0 Å². The SMILES string of the molecule is C[C@@H]1CC(N)[C@@H](C)CN1C(=O)OC(C)(C)C. The number of carbonyl (C=O) groups is 1. The molecule has 1 saturated heterocycles. The minimum absolute atomic E-state index is 0.168. The van der Waals surface area contributed by atoms with Crippen LogP contribution in [-0.2, 0) is 4.74 Å². The zero-order valence-corrected chi connectivity index (χ0v) is 11.0. The lowest BCUT2D eigenvalue weighted by Crippen LogP contribution is -2.53. The van der Waals surface area contributed by atoms with E-state index in [9.17, 15) is 4.79 Å². The van der Waals surface area contributed by atoms with Gasteiger partial charge in [-0.05, 0) is 40.0 Å². The number of nitrogens with two attached hydrogens (primary N) is 1. The molecule has 0 aromatic rings. The van der Waals surface area contributed by atoms with Gasteiger partial charge in [0.2, 0.25) is 0 Å². The second-order valence-corrected chi connectivity index (χ2v) is 5.86. The van der Waals surface area contributed by atoms with Gasteiger partial charge in [-0.25, -0.2) is 4.79 Å². The van der Waals surface area contributed by atoms with E-state index in [-0.39, 0.29) is 18.2 Å². The van der Waals surface area contributed by atoms with E-state index in [1.807, 2.05) is 27.7 Å². The molecule has 16 heavy (non-hydrogen) atoms. The van der Waals surface area contributed by atoms with Crippen molar-refractivity contribution in [1.29, 1.82) is 0 Å². The van der Waals surface area contributed by atoms with E-state index in [2.05, 4.69) is 6.92 Å². The van der Waals surface area contributed by atoms with Crippen molar-refractivity contribution in [2.45, 2.75) is 58.7 Å². The van der Waals surface area contributed by atoms with Crippen LogP contribution in [0, 0.1) is 5.92 Å². The van der Waals surface area contributed by atoms with Crippen LogP contribution in [-0.4, -0.2) is 35.2 Å². The highest BCUT2D eigenvalue weighted by Gasteiger charge is 2.33. The number of rotatable bonds is 0. The van der Waals surface area contributed by atoms with Gasteiger partial charge in [0.1, 0.15) is 5.60 Å². The second kappa shape index (κ2) is 4.62. The third kappa shape index (κ3) is 3.37. The van der Waals surface area contributed by atoms with Crippen LogP contribution in [0.1, 0.15) is 41.0 Å². The fraction of sp³-hybridized carbons (Fsp3) is 0.917. The van der Waals surface area contributed by atoms with E-state index in [4.69, 9.17) is 10.5 Å². The first-order chi connectivity index (χ1) is 7.20. The third-order valence-electron chi connectivity index (χ3n) is 2.99. The molecule has 1 amide bonds. The topological polar surface area (TPSA) is 55.6 Å². The van der Waals surface area contributed by atoms with Crippen molar-refractivity contribution >= 4 is 6.09 Å². The van der Waals surface area contributed by atoms with Gasteiger partial charge in [-0.3, -0.25) is 0 Å². The Hall–Kier alpha value is -0.770. The summed E-state index contributed by atoms with van der Waals surface area (Å²) in [6, 6.07) is 0.356. The average Bonchev–Trinajstić information content (AvgIpc) is 2.08. The van der Waals surface area contributed by atoms with E-state index in [1.165, 1.54) is 0 Å². The Morgan fingerprint density at radius 3 is 2.44 bits per heavy atom. The number of piperidine rings is 1. The molecule has 1 heterocycles. The van der Waals surface area contributed by atoms with Crippen molar-refractivity contribution in [3.63, 3.8) is 0 Å². The van der Waals surface area contributed by atoms with Gasteiger partial charge in [0.15, 0.2) is 0 Å². The van der Waals surface area contributed by atoms with E-state index in [0.717, 1.165) is 6.42 Å². The molecule has 1 unspecified atom stereocenters. The maximum atomic E-state index is 11.9. The average molecular weight is 228 g/mol. The number of carbonyl (C=O) groups excluding carboxylic acids is 1. The number of amides is 1. The van der Waals surface area contributed by atoms with Crippen LogP contribution in [0.5, 0.6) is 0 Å². The summed E-state index contributed by atoms with van der Waals surface area (Å²) in [6.07, 6.45) is 0.624. The Balaban J connectivity index is 2.62. The number of hydrogen-bond acceptors (Lipinski definition) is 3. The quantitative estimate of drug-likeness (QED) is 0.689. The lowest BCUT2D eigenvalue weighted by molar-refractivity contribution is 0.00416. The molecule has 0 spiro atoms. The molecule has 1 aliphatic rings. The standard InChI is InChI=1S/C12H24N2O2/c1-8-7-14(9(2)6-10(8)13)11(15)16-12(3,4)5/h8-10H,6-7,13H2,1-5H3/t8-,9+,10?/m0/s1. The number of likely N-dealkylation sites (tertiary alicyclic amines) is 1. The van der Waals surface area contributed by atoms with Gasteiger partial charge in [0, 0.05) is 18.6 Å². The predicted octanol–water partition coefficient (Wildman–Crippen LogP) is 1.98. The molecule has 0 bridgehead atoms. The number of ether oxygens (including phenoxy) is 1. The zero-order chi connectivity index (χ0) is 12.5. The Morgan fingerprint density at radius 1 is 1.38 bits per heavy atom. The van der Waals surface area contributed by atoms with E-state index < -0.39 is 5.60 Å². The fourth-order valence-corrected chi connectivity index (χ4v) is 1.95. The van der Waals surface area contributed by atoms with Crippen LogP contribution in [0.25, 0.3) is 0 Å². The summed E-state index contributed by atoms with van der Waals surface area (Å²) in [5.41, 5.74) is 5.55. The largest absolute Gasteiger partial charge is 0.444 e. The Kier molecular flexibility index (Phi) is 3.84. The summed E-state index contributed by atoms with van der Waals surface area (Å²) in [6.45, 7) is 10.4. The number of nitrogens with zero attached hydrogens (tertiary/aromatic N) is 1. The minimum Gasteiger partial charge on any atom is -0.444 e. The first kappa shape index (κ1) is 13.3. The molecule has 1 aliphatic heterocycles. The summed E-state index contributed by atoms with van der Waals surface area (Å²) < 4.78 is 5.38. The van der Waals surface area contributed by atoms with Gasteiger partial charge < -0.3 is 15.4 Å². The highest BCUT2D eigenvalue weighted by Crippen LogP contribution is 2.22. The van der Waals surface area contributed by atoms with Crippen molar-refractivity contribution in [2.75, 3.05) is 6.54 Å². The Morgan fingerprint density at radius 2 is 1.94 bits per heavy atom. The molecule has 1 fully saturated rings. The normalized spacial score (nSPS) is 31.4. The highest BCUT2D eigenvalue weighted by molar-refractivity contribution is 5.68. The van der Waals surface area contributed by atoms with Crippen molar-refractivity contribution in [3.8, 4) is 0 Å². The molecule has 94 valence electrons. The molecule has 4 heteroatoms. The molecule has 1 rings (SSSR count). The smallest absolute Gasteiger partial charge is 0.410 e. The molecule has 4 nitrogen and oxygen atoms in total. The van der Waals surface area contributed by atoms with Crippen molar-refractivity contribution in [1.82, 2.24) is 4.90 Å². The summed E-state index contributed by atoms with van der Waals surface area (Å²) >= 11 is 0. The fourth-order valence-electron chi connectivity index (χ4n) is 1.95.